The molecule has 0 aliphatic heterocycles. The van der Waals surface area contributed by atoms with Crippen LogP contribution in [0.25, 0.3) is 0 Å². The van der Waals surface area contributed by atoms with Crippen LogP contribution in [-0.4, -0.2) is 20.8 Å². The van der Waals surface area contributed by atoms with E-state index < -0.39 is 10.0 Å². The predicted octanol–water partition coefficient (Wildman–Crippen LogP) is 2.89. The molecule has 6 heteroatoms. The van der Waals surface area contributed by atoms with Crippen LogP contribution in [0.4, 0.5) is 4.39 Å². The first-order valence-electron chi connectivity index (χ1n) is 7.42. The third-order valence-corrected chi connectivity index (χ3v) is 4.65. The summed E-state index contributed by atoms with van der Waals surface area (Å²) in [6.07, 6.45) is 0.946. The van der Waals surface area contributed by atoms with Crippen LogP contribution in [0, 0.1) is 5.82 Å². The zero-order valence-electron chi connectivity index (χ0n) is 13.0. The minimum Gasteiger partial charge on any atom is -0.492 e. The largest absolute Gasteiger partial charge is 0.492 e. The number of rotatable bonds is 8. The van der Waals surface area contributed by atoms with Crippen molar-refractivity contribution in [3.8, 4) is 5.75 Å². The molecule has 0 radical (unpaired) electrons. The maximum absolute atomic E-state index is 12.8. The van der Waals surface area contributed by atoms with Gasteiger partial charge in [0.25, 0.3) is 0 Å². The molecule has 0 aliphatic rings. The van der Waals surface area contributed by atoms with Crippen LogP contribution < -0.4 is 9.46 Å². The second-order valence-electron chi connectivity index (χ2n) is 5.11. The molecule has 0 aromatic heterocycles. The van der Waals surface area contributed by atoms with Crippen molar-refractivity contribution < 1.29 is 17.5 Å². The van der Waals surface area contributed by atoms with Gasteiger partial charge in [0.05, 0.1) is 5.75 Å². The van der Waals surface area contributed by atoms with Crippen molar-refractivity contribution >= 4 is 10.0 Å². The first kappa shape index (κ1) is 17.4. The fourth-order valence-electron chi connectivity index (χ4n) is 1.96. The molecule has 0 aliphatic carbocycles. The lowest BCUT2D eigenvalue weighted by atomic mass is 10.2. The third-order valence-electron chi connectivity index (χ3n) is 3.36. The predicted molar refractivity (Wildman–Crippen MR) is 88.3 cm³/mol. The molecule has 0 bridgehead atoms. The quantitative estimate of drug-likeness (QED) is 0.806. The fourth-order valence-corrected chi connectivity index (χ4v) is 2.79. The molecule has 0 fully saturated rings. The van der Waals surface area contributed by atoms with Gasteiger partial charge in [0, 0.05) is 6.54 Å². The first-order chi connectivity index (χ1) is 11.0. The topological polar surface area (TPSA) is 55.4 Å². The number of nitrogens with one attached hydrogen (secondary N) is 1. The number of aryl methyl sites for hydroxylation is 1. The Hall–Kier alpha value is -1.92. The Morgan fingerprint density at radius 3 is 2.22 bits per heavy atom. The van der Waals surface area contributed by atoms with Crippen molar-refractivity contribution in [2.75, 3.05) is 12.4 Å². The molecule has 1 N–H and O–H groups in total. The maximum atomic E-state index is 12.8. The Labute approximate surface area is 136 Å². The Morgan fingerprint density at radius 1 is 1.00 bits per heavy atom. The van der Waals surface area contributed by atoms with E-state index in [1.807, 2.05) is 24.3 Å². The van der Waals surface area contributed by atoms with Crippen molar-refractivity contribution in [2.24, 2.45) is 0 Å². The van der Waals surface area contributed by atoms with E-state index in [0.29, 0.717) is 11.3 Å². The van der Waals surface area contributed by atoms with Crippen molar-refractivity contribution in [3.63, 3.8) is 0 Å². The van der Waals surface area contributed by atoms with Gasteiger partial charge in [0.2, 0.25) is 10.0 Å². The maximum Gasteiger partial charge on any atom is 0.215 e. The highest BCUT2D eigenvalue weighted by atomic mass is 32.2. The standard InChI is InChI=1S/C17H20FNO3S/c1-2-14-5-9-17(10-6-14)22-11-12-23(20,21)19-13-15-3-7-16(18)8-4-15/h3-10,19H,2,11-13H2,1H3. The van der Waals surface area contributed by atoms with Crippen LogP contribution in [0.5, 0.6) is 5.75 Å². The molecule has 2 aromatic carbocycles. The summed E-state index contributed by atoms with van der Waals surface area (Å²) in [6, 6.07) is 13.3. The average molecular weight is 337 g/mol. The number of benzene rings is 2. The summed E-state index contributed by atoms with van der Waals surface area (Å²) >= 11 is 0. The van der Waals surface area contributed by atoms with E-state index in [9.17, 15) is 12.8 Å². The van der Waals surface area contributed by atoms with Gasteiger partial charge in [0.1, 0.15) is 18.2 Å². The van der Waals surface area contributed by atoms with Crippen molar-refractivity contribution in [2.45, 2.75) is 19.9 Å². The second-order valence-corrected chi connectivity index (χ2v) is 7.04. The SMILES string of the molecule is CCc1ccc(OCCS(=O)(=O)NCc2ccc(F)cc2)cc1. The molecule has 0 spiro atoms. The summed E-state index contributed by atoms with van der Waals surface area (Å²) in [5, 5.41) is 0. The van der Waals surface area contributed by atoms with E-state index in [0.717, 1.165) is 6.42 Å². The van der Waals surface area contributed by atoms with Gasteiger partial charge < -0.3 is 4.74 Å². The van der Waals surface area contributed by atoms with E-state index in [1.54, 1.807) is 12.1 Å². The number of hydrogen-bond acceptors (Lipinski definition) is 3. The summed E-state index contributed by atoms with van der Waals surface area (Å²) in [7, 11) is -3.44. The van der Waals surface area contributed by atoms with E-state index in [1.165, 1.54) is 17.7 Å². The molecule has 0 heterocycles. The van der Waals surface area contributed by atoms with Gasteiger partial charge in [-0.05, 0) is 41.8 Å². The van der Waals surface area contributed by atoms with Gasteiger partial charge in [0.15, 0.2) is 0 Å². The highest BCUT2D eigenvalue weighted by molar-refractivity contribution is 7.89. The van der Waals surface area contributed by atoms with Crippen LogP contribution in [0.1, 0.15) is 18.1 Å². The molecular weight excluding hydrogens is 317 g/mol. The van der Waals surface area contributed by atoms with Gasteiger partial charge >= 0.3 is 0 Å². The number of ether oxygens (including phenoxy) is 1. The van der Waals surface area contributed by atoms with Crippen LogP contribution in [0.15, 0.2) is 48.5 Å². The normalized spacial score (nSPS) is 11.4. The summed E-state index contributed by atoms with van der Waals surface area (Å²) < 4.78 is 44.5. The minimum absolute atomic E-state index is 0.0736. The Balaban J connectivity index is 1.77. The highest BCUT2D eigenvalue weighted by Gasteiger charge is 2.10. The summed E-state index contributed by atoms with van der Waals surface area (Å²) in [5.74, 6) is 0.166. The third kappa shape index (κ3) is 6.00. The molecule has 2 rings (SSSR count). The lowest BCUT2D eigenvalue weighted by Crippen LogP contribution is -2.28. The van der Waals surface area contributed by atoms with Crippen LogP contribution in [0.2, 0.25) is 0 Å². The number of hydrogen-bond donors (Lipinski definition) is 1. The van der Waals surface area contributed by atoms with Crippen LogP contribution >= 0.6 is 0 Å². The number of halogens is 1. The Kier molecular flexibility index (Phi) is 6.12. The Morgan fingerprint density at radius 2 is 1.61 bits per heavy atom. The van der Waals surface area contributed by atoms with Crippen molar-refractivity contribution in [3.05, 3.63) is 65.5 Å². The van der Waals surface area contributed by atoms with Gasteiger partial charge in [-0.15, -0.1) is 0 Å². The van der Waals surface area contributed by atoms with Gasteiger partial charge in [-0.2, -0.15) is 0 Å². The minimum atomic E-state index is -3.44. The van der Waals surface area contributed by atoms with E-state index in [2.05, 4.69) is 11.6 Å². The summed E-state index contributed by atoms with van der Waals surface area (Å²) in [4.78, 5) is 0. The van der Waals surface area contributed by atoms with E-state index >= 15 is 0 Å². The molecule has 2 aromatic rings. The van der Waals surface area contributed by atoms with Crippen molar-refractivity contribution in [1.82, 2.24) is 4.72 Å². The molecule has 0 amide bonds. The van der Waals surface area contributed by atoms with Crippen LogP contribution in [-0.2, 0) is 23.0 Å². The molecular formula is C17H20FNO3S. The van der Waals surface area contributed by atoms with Crippen LogP contribution in [0.3, 0.4) is 0 Å². The van der Waals surface area contributed by atoms with E-state index in [4.69, 9.17) is 4.74 Å². The molecule has 0 saturated heterocycles. The van der Waals surface area contributed by atoms with Gasteiger partial charge in [-0.3, -0.25) is 0 Å². The first-order valence-corrected chi connectivity index (χ1v) is 9.07. The molecule has 0 unspecified atom stereocenters. The molecule has 124 valence electrons. The Bertz CT molecular complexity index is 713. The lowest BCUT2D eigenvalue weighted by molar-refractivity contribution is 0.340. The summed E-state index contributed by atoms with van der Waals surface area (Å²) in [6.45, 7) is 2.27. The zero-order chi connectivity index (χ0) is 16.7. The fraction of sp³-hybridized carbons (Fsp3) is 0.294. The molecule has 0 atom stereocenters. The average Bonchev–Trinajstić information content (AvgIpc) is 2.55. The monoisotopic (exact) mass is 337 g/mol. The van der Waals surface area contributed by atoms with Crippen molar-refractivity contribution in [1.29, 1.82) is 0 Å². The lowest BCUT2D eigenvalue weighted by Gasteiger charge is -2.09. The van der Waals surface area contributed by atoms with E-state index in [-0.39, 0.29) is 24.7 Å². The van der Waals surface area contributed by atoms with Gasteiger partial charge in [-0.25, -0.2) is 17.5 Å². The smallest absolute Gasteiger partial charge is 0.215 e. The highest BCUT2D eigenvalue weighted by Crippen LogP contribution is 2.12. The molecule has 23 heavy (non-hydrogen) atoms. The zero-order valence-corrected chi connectivity index (χ0v) is 13.8. The molecule has 4 nitrogen and oxygen atoms in total. The number of sulfonamides is 1. The molecule has 0 saturated carbocycles. The van der Waals surface area contributed by atoms with Gasteiger partial charge in [-0.1, -0.05) is 31.2 Å². The summed E-state index contributed by atoms with van der Waals surface area (Å²) in [5.41, 5.74) is 1.90. The second kappa shape index (κ2) is 8.08.